The molecular formula is C13H14N4S. The van der Waals surface area contributed by atoms with Crippen molar-refractivity contribution in [3.8, 4) is 0 Å². The maximum atomic E-state index is 4.66. The Morgan fingerprint density at radius 2 is 2.22 bits per heavy atom. The summed E-state index contributed by atoms with van der Waals surface area (Å²) in [7, 11) is 0. The summed E-state index contributed by atoms with van der Waals surface area (Å²) in [5.41, 5.74) is 2.48. The first kappa shape index (κ1) is 10.4. The van der Waals surface area contributed by atoms with Crippen molar-refractivity contribution in [1.29, 1.82) is 0 Å². The van der Waals surface area contributed by atoms with Gasteiger partial charge < -0.3 is 0 Å². The van der Waals surface area contributed by atoms with E-state index < -0.39 is 0 Å². The van der Waals surface area contributed by atoms with Gasteiger partial charge in [0, 0.05) is 11.3 Å². The summed E-state index contributed by atoms with van der Waals surface area (Å²) >= 11 is 1.84. The van der Waals surface area contributed by atoms with Crippen LogP contribution in [0.3, 0.4) is 0 Å². The molecule has 1 aliphatic carbocycles. The summed E-state index contributed by atoms with van der Waals surface area (Å²) in [4.78, 5) is 11.8. The molecule has 0 saturated heterocycles. The summed E-state index contributed by atoms with van der Waals surface area (Å²) in [5, 5.41) is 5.71. The number of aryl methyl sites for hydroxylation is 3. The van der Waals surface area contributed by atoms with Crippen LogP contribution in [0.25, 0.3) is 15.9 Å². The van der Waals surface area contributed by atoms with E-state index in [-0.39, 0.29) is 0 Å². The molecule has 0 aliphatic heterocycles. The Hall–Kier alpha value is -1.49. The lowest BCUT2D eigenvalue weighted by atomic mass is 9.97. The van der Waals surface area contributed by atoms with E-state index in [4.69, 9.17) is 0 Å². The zero-order chi connectivity index (χ0) is 12.1. The van der Waals surface area contributed by atoms with Gasteiger partial charge >= 0.3 is 0 Å². The van der Waals surface area contributed by atoms with Crippen LogP contribution in [0.1, 0.15) is 36.0 Å². The predicted octanol–water partition coefficient (Wildman–Crippen LogP) is 2.78. The summed E-state index contributed by atoms with van der Waals surface area (Å²) in [5.74, 6) is 0.903. The second kappa shape index (κ2) is 3.75. The van der Waals surface area contributed by atoms with Gasteiger partial charge in [-0.25, -0.2) is 14.5 Å². The van der Waals surface area contributed by atoms with Crippen molar-refractivity contribution in [2.45, 2.75) is 39.0 Å². The van der Waals surface area contributed by atoms with Crippen molar-refractivity contribution in [1.82, 2.24) is 19.6 Å². The summed E-state index contributed by atoms with van der Waals surface area (Å²) in [6, 6.07) is 0. The molecule has 0 unspecified atom stereocenters. The maximum absolute atomic E-state index is 4.66. The number of nitrogens with zero attached hydrogens (tertiary/aromatic N) is 4. The number of aromatic nitrogens is 4. The largest absolute Gasteiger partial charge is 0.225 e. The van der Waals surface area contributed by atoms with Crippen LogP contribution in [-0.4, -0.2) is 19.6 Å². The van der Waals surface area contributed by atoms with Crippen LogP contribution >= 0.6 is 11.3 Å². The first-order valence-electron chi connectivity index (χ1n) is 6.51. The lowest BCUT2D eigenvalue weighted by molar-refractivity contribution is 0.700. The standard InChI is InChI=1S/C13H14N4S/c1-2-10-15-12-11-8-5-3-4-6-9(8)18-13(11)14-7-17(12)16-10/h7H,2-6H2,1H3. The molecule has 3 heterocycles. The van der Waals surface area contributed by atoms with Crippen LogP contribution in [0.2, 0.25) is 0 Å². The molecule has 4 nitrogen and oxygen atoms in total. The fourth-order valence-corrected chi connectivity index (χ4v) is 3.97. The van der Waals surface area contributed by atoms with Gasteiger partial charge in [-0.05, 0) is 31.2 Å². The van der Waals surface area contributed by atoms with E-state index in [0.717, 1.165) is 22.7 Å². The summed E-state index contributed by atoms with van der Waals surface area (Å²) in [6.07, 6.45) is 7.64. The second-order valence-corrected chi connectivity index (χ2v) is 5.87. The Labute approximate surface area is 109 Å². The smallest absolute Gasteiger partial charge is 0.167 e. The fourth-order valence-electron chi connectivity index (χ4n) is 2.75. The first-order chi connectivity index (χ1) is 8.86. The zero-order valence-corrected chi connectivity index (χ0v) is 11.1. The minimum Gasteiger partial charge on any atom is -0.225 e. The highest BCUT2D eigenvalue weighted by atomic mass is 32.1. The van der Waals surface area contributed by atoms with E-state index >= 15 is 0 Å². The van der Waals surface area contributed by atoms with E-state index in [1.165, 1.54) is 41.5 Å². The van der Waals surface area contributed by atoms with Crippen LogP contribution in [0.4, 0.5) is 0 Å². The molecule has 18 heavy (non-hydrogen) atoms. The van der Waals surface area contributed by atoms with E-state index in [1.807, 2.05) is 15.9 Å². The fraction of sp³-hybridized carbons (Fsp3) is 0.462. The Kier molecular flexibility index (Phi) is 2.17. The number of hydrogen-bond donors (Lipinski definition) is 0. The quantitative estimate of drug-likeness (QED) is 0.674. The van der Waals surface area contributed by atoms with E-state index in [9.17, 15) is 0 Å². The summed E-state index contributed by atoms with van der Waals surface area (Å²) < 4.78 is 1.84. The van der Waals surface area contributed by atoms with Crippen LogP contribution in [-0.2, 0) is 19.3 Å². The Morgan fingerprint density at radius 3 is 3.11 bits per heavy atom. The Morgan fingerprint density at radius 1 is 1.33 bits per heavy atom. The van der Waals surface area contributed by atoms with Gasteiger partial charge in [-0.1, -0.05) is 6.92 Å². The van der Waals surface area contributed by atoms with Gasteiger partial charge in [-0.2, -0.15) is 0 Å². The molecular weight excluding hydrogens is 244 g/mol. The Balaban J connectivity index is 2.12. The van der Waals surface area contributed by atoms with Crippen LogP contribution in [0.15, 0.2) is 6.33 Å². The minimum absolute atomic E-state index is 0.871. The van der Waals surface area contributed by atoms with Gasteiger partial charge in [0.25, 0.3) is 0 Å². The first-order valence-corrected chi connectivity index (χ1v) is 7.33. The normalized spacial score (nSPS) is 15.4. The molecule has 5 heteroatoms. The van der Waals surface area contributed by atoms with Gasteiger partial charge in [0.2, 0.25) is 0 Å². The van der Waals surface area contributed by atoms with Crippen LogP contribution < -0.4 is 0 Å². The average molecular weight is 258 g/mol. The summed E-state index contributed by atoms with van der Waals surface area (Å²) in [6.45, 7) is 2.09. The molecule has 0 aromatic carbocycles. The van der Waals surface area contributed by atoms with Gasteiger partial charge in [0.1, 0.15) is 11.2 Å². The predicted molar refractivity (Wildman–Crippen MR) is 72.2 cm³/mol. The number of rotatable bonds is 1. The van der Waals surface area contributed by atoms with Crippen LogP contribution in [0.5, 0.6) is 0 Å². The van der Waals surface area contributed by atoms with Crippen molar-refractivity contribution in [3.63, 3.8) is 0 Å². The highest BCUT2D eigenvalue weighted by Crippen LogP contribution is 2.36. The molecule has 0 amide bonds. The van der Waals surface area contributed by atoms with Crippen molar-refractivity contribution in [3.05, 3.63) is 22.6 Å². The molecule has 0 N–H and O–H groups in total. The third-order valence-electron chi connectivity index (χ3n) is 3.65. The average Bonchev–Trinajstić information content (AvgIpc) is 2.98. The number of hydrogen-bond acceptors (Lipinski definition) is 4. The molecule has 0 saturated carbocycles. The third kappa shape index (κ3) is 1.34. The van der Waals surface area contributed by atoms with Gasteiger partial charge in [0.15, 0.2) is 11.5 Å². The molecule has 0 spiro atoms. The lowest BCUT2D eigenvalue weighted by Crippen LogP contribution is -1.99. The van der Waals surface area contributed by atoms with E-state index in [1.54, 1.807) is 6.33 Å². The molecule has 92 valence electrons. The molecule has 0 radical (unpaired) electrons. The van der Waals surface area contributed by atoms with Crippen molar-refractivity contribution in [2.75, 3.05) is 0 Å². The van der Waals surface area contributed by atoms with E-state index in [0.29, 0.717) is 0 Å². The monoisotopic (exact) mass is 258 g/mol. The second-order valence-electron chi connectivity index (χ2n) is 4.79. The van der Waals surface area contributed by atoms with Crippen molar-refractivity contribution < 1.29 is 0 Å². The lowest BCUT2D eigenvalue weighted by Gasteiger charge is -2.09. The topological polar surface area (TPSA) is 43.1 Å². The van der Waals surface area contributed by atoms with Crippen LogP contribution in [0, 0.1) is 0 Å². The third-order valence-corrected chi connectivity index (χ3v) is 4.85. The zero-order valence-electron chi connectivity index (χ0n) is 10.3. The van der Waals surface area contributed by atoms with Gasteiger partial charge in [-0.15, -0.1) is 16.4 Å². The van der Waals surface area contributed by atoms with Gasteiger partial charge in [-0.3, -0.25) is 0 Å². The Bertz CT molecular complexity index is 740. The SMILES string of the molecule is CCc1nc2c3c4c(sc3ncn2n1)CCCC4. The number of fused-ring (bicyclic) bond motifs is 5. The number of thiophene rings is 1. The maximum Gasteiger partial charge on any atom is 0.167 e. The van der Waals surface area contributed by atoms with Gasteiger partial charge in [0.05, 0.1) is 5.39 Å². The molecule has 0 atom stereocenters. The van der Waals surface area contributed by atoms with Crippen molar-refractivity contribution >= 4 is 27.2 Å². The van der Waals surface area contributed by atoms with Crippen molar-refractivity contribution in [2.24, 2.45) is 0 Å². The molecule has 0 bridgehead atoms. The molecule has 1 aliphatic rings. The molecule has 0 fully saturated rings. The highest BCUT2D eigenvalue weighted by molar-refractivity contribution is 7.19. The highest BCUT2D eigenvalue weighted by Gasteiger charge is 2.20. The molecule has 3 aromatic heterocycles. The molecule has 3 aromatic rings. The molecule has 4 rings (SSSR count). The minimum atomic E-state index is 0.871. The van der Waals surface area contributed by atoms with E-state index in [2.05, 4.69) is 22.0 Å².